The summed E-state index contributed by atoms with van der Waals surface area (Å²) in [5, 5.41) is 10.6. The lowest BCUT2D eigenvalue weighted by molar-refractivity contribution is 0.0526. The van der Waals surface area contributed by atoms with Crippen molar-refractivity contribution in [2.24, 2.45) is 4.99 Å². The molecule has 0 bridgehead atoms. The van der Waals surface area contributed by atoms with Crippen molar-refractivity contribution in [2.75, 3.05) is 6.61 Å². The molecule has 2 N–H and O–H groups in total. The highest BCUT2D eigenvalue weighted by atomic mass is 32.1. The molecule has 1 heterocycles. The maximum atomic E-state index is 12.3. The van der Waals surface area contributed by atoms with E-state index in [4.69, 9.17) is 17.0 Å². The highest BCUT2D eigenvalue weighted by Gasteiger charge is 2.12. The van der Waals surface area contributed by atoms with E-state index in [1.165, 1.54) is 29.2 Å². The average Bonchev–Trinajstić information content (AvgIpc) is 2.74. The molecule has 0 amide bonds. The first kappa shape index (κ1) is 21.7. The lowest BCUT2D eigenvalue weighted by atomic mass is 9.97. The third-order valence-corrected chi connectivity index (χ3v) is 5.29. The van der Waals surface area contributed by atoms with Gasteiger partial charge in [-0.1, -0.05) is 11.6 Å². The van der Waals surface area contributed by atoms with Gasteiger partial charge in [0, 0.05) is 12.8 Å². The van der Waals surface area contributed by atoms with Gasteiger partial charge in [-0.05, 0) is 75.5 Å². The largest absolute Gasteiger partial charge is 0.494 e. The zero-order valence-electron chi connectivity index (χ0n) is 16.9. The van der Waals surface area contributed by atoms with Crippen molar-refractivity contribution in [3.8, 4) is 5.88 Å². The summed E-state index contributed by atoms with van der Waals surface area (Å²) in [6.45, 7) is 2.53. The molecule has 2 aromatic rings. The number of H-pyrrole nitrogens is 1. The fourth-order valence-corrected chi connectivity index (χ4v) is 3.59. The Morgan fingerprint density at radius 1 is 1.33 bits per heavy atom. The fourth-order valence-electron chi connectivity index (χ4n) is 3.32. The molecule has 0 fully saturated rings. The van der Waals surface area contributed by atoms with Crippen LogP contribution in [-0.2, 0) is 11.3 Å². The summed E-state index contributed by atoms with van der Waals surface area (Å²) in [6, 6.07) is 6.47. The van der Waals surface area contributed by atoms with Crippen LogP contribution in [0.4, 0.5) is 5.69 Å². The molecule has 8 heteroatoms. The smallest absolute Gasteiger partial charge is 0.338 e. The molecule has 0 spiro atoms. The molecule has 1 aromatic heterocycles. The lowest BCUT2D eigenvalue weighted by Crippen LogP contribution is -2.19. The number of nitrogens with zero attached hydrogens (tertiary/aromatic N) is 2. The number of hydrogen-bond donors (Lipinski definition) is 2. The molecule has 1 aliphatic rings. The summed E-state index contributed by atoms with van der Waals surface area (Å²) in [4.78, 5) is 30.9. The van der Waals surface area contributed by atoms with Crippen molar-refractivity contribution >= 4 is 30.1 Å². The van der Waals surface area contributed by atoms with E-state index in [1.807, 2.05) is 0 Å². The predicted molar refractivity (Wildman–Crippen MR) is 118 cm³/mol. The number of hydrogen-bond acceptors (Lipinski definition) is 6. The Morgan fingerprint density at radius 3 is 2.77 bits per heavy atom. The summed E-state index contributed by atoms with van der Waals surface area (Å²) < 4.78 is 6.66. The molecule has 1 aromatic carbocycles. The number of aromatic hydroxyl groups is 1. The molecule has 0 unspecified atom stereocenters. The first-order valence-electron chi connectivity index (χ1n) is 10.0. The minimum Gasteiger partial charge on any atom is -0.494 e. The summed E-state index contributed by atoms with van der Waals surface area (Å²) in [5.41, 5.74) is 1.84. The second-order valence-corrected chi connectivity index (χ2v) is 7.42. The molecule has 0 saturated carbocycles. The molecule has 0 aliphatic heterocycles. The van der Waals surface area contributed by atoms with E-state index in [2.05, 4.69) is 16.1 Å². The van der Waals surface area contributed by atoms with Crippen molar-refractivity contribution in [1.29, 1.82) is 0 Å². The van der Waals surface area contributed by atoms with Gasteiger partial charge in [0.1, 0.15) is 5.56 Å². The Hall–Kier alpha value is -3.00. The molecular formula is C22H25N3O4S. The van der Waals surface area contributed by atoms with Crippen molar-refractivity contribution in [1.82, 2.24) is 9.55 Å². The van der Waals surface area contributed by atoms with Crippen molar-refractivity contribution in [3.05, 3.63) is 62.2 Å². The molecule has 0 atom stereocenters. The van der Waals surface area contributed by atoms with E-state index in [9.17, 15) is 14.7 Å². The fraction of sp³-hybridized carbons (Fsp3) is 0.364. The number of ether oxygens (including phenoxy) is 1. The monoisotopic (exact) mass is 427 g/mol. The van der Waals surface area contributed by atoms with Crippen molar-refractivity contribution in [3.63, 3.8) is 0 Å². The van der Waals surface area contributed by atoms with Gasteiger partial charge in [0.15, 0.2) is 4.77 Å². The van der Waals surface area contributed by atoms with Crippen LogP contribution in [0.15, 0.2) is 45.7 Å². The lowest BCUT2D eigenvalue weighted by Gasteiger charge is -2.15. The number of aromatic nitrogens is 2. The third kappa shape index (κ3) is 5.33. The summed E-state index contributed by atoms with van der Waals surface area (Å²) in [6.07, 6.45) is 8.88. The first-order chi connectivity index (χ1) is 14.5. The van der Waals surface area contributed by atoms with Crippen LogP contribution < -0.4 is 5.56 Å². The molecule has 1 aliphatic carbocycles. The van der Waals surface area contributed by atoms with E-state index in [-0.39, 0.29) is 16.2 Å². The maximum absolute atomic E-state index is 12.3. The second kappa shape index (κ2) is 10.2. The van der Waals surface area contributed by atoms with Gasteiger partial charge in [0.25, 0.3) is 5.56 Å². The van der Waals surface area contributed by atoms with Crippen molar-refractivity contribution < 1.29 is 14.6 Å². The van der Waals surface area contributed by atoms with Crippen LogP contribution in [0.1, 0.15) is 54.9 Å². The molecular weight excluding hydrogens is 402 g/mol. The van der Waals surface area contributed by atoms with Gasteiger partial charge in [-0.3, -0.25) is 19.3 Å². The molecule has 3 rings (SSSR count). The number of esters is 1. The number of aromatic amines is 1. The number of benzene rings is 1. The zero-order chi connectivity index (χ0) is 21.5. The highest BCUT2D eigenvalue weighted by Crippen LogP contribution is 2.22. The number of carbonyl (C=O) groups is 1. The summed E-state index contributed by atoms with van der Waals surface area (Å²) in [7, 11) is 0. The Morgan fingerprint density at radius 2 is 2.10 bits per heavy atom. The molecule has 0 saturated heterocycles. The van der Waals surface area contributed by atoms with Crippen LogP contribution in [0, 0.1) is 4.77 Å². The van der Waals surface area contributed by atoms with Gasteiger partial charge >= 0.3 is 5.97 Å². The van der Waals surface area contributed by atoms with Crippen molar-refractivity contribution in [2.45, 2.75) is 45.6 Å². The normalized spacial score (nSPS) is 14.0. The minimum atomic E-state index is -0.502. The average molecular weight is 428 g/mol. The predicted octanol–water partition coefficient (Wildman–Crippen LogP) is 4.43. The van der Waals surface area contributed by atoms with E-state index in [0.717, 1.165) is 19.3 Å². The summed E-state index contributed by atoms with van der Waals surface area (Å²) >= 11 is 5.23. The molecule has 0 radical (unpaired) electrons. The van der Waals surface area contributed by atoms with E-state index >= 15 is 0 Å². The highest BCUT2D eigenvalue weighted by molar-refractivity contribution is 7.71. The van der Waals surface area contributed by atoms with Crippen LogP contribution in [0.25, 0.3) is 0 Å². The Balaban J connectivity index is 1.80. The molecule has 7 nitrogen and oxygen atoms in total. The SMILES string of the molecule is CCOC(=O)c1ccc(N=Cc2c(O)n(CCC3=CCCCC3)c(=S)[nH]c2=O)cc1. The maximum Gasteiger partial charge on any atom is 0.338 e. The van der Waals surface area contributed by atoms with Crippen LogP contribution in [0.3, 0.4) is 0 Å². The second-order valence-electron chi connectivity index (χ2n) is 7.03. The van der Waals surface area contributed by atoms with Gasteiger partial charge in [-0.2, -0.15) is 0 Å². The molecule has 158 valence electrons. The van der Waals surface area contributed by atoms with E-state index < -0.39 is 11.5 Å². The number of rotatable bonds is 7. The standard InChI is InChI=1S/C22H25N3O4S/c1-2-29-21(28)16-8-10-17(11-9-16)23-14-18-19(26)24-22(30)25(20(18)27)13-12-15-6-4-3-5-7-15/h6,8-11,14,27H,2-5,7,12-13H2,1H3,(H,24,26,30). The van der Waals surface area contributed by atoms with Gasteiger partial charge in [-0.25, -0.2) is 4.79 Å². The number of carbonyl (C=O) groups excluding carboxylic acids is 1. The quantitative estimate of drug-likeness (QED) is 0.295. The number of allylic oxidation sites excluding steroid dienone is 2. The van der Waals surface area contributed by atoms with E-state index in [1.54, 1.807) is 31.2 Å². The number of aliphatic imine (C=N–C) groups is 1. The Kier molecular flexibility index (Phi) is 7.35. The first-order valence-corrected chi connectivity index (χ1v) is 10.5. The van der Waals surface area contributed by atoms with Gasteiger partial charge in [0.2, 0.25) is 5.88 Å². The minimum absolute atomic E-state index is 0.0377. The van der Waals surface area contributed by atoms with Crippen LogP contribution >= 0.6 is 12.2 Å². The Bertz CT molecular complexity index is 1080. The zero-order valence-corrected chi connectivity index (χ0v) is 17.7. The van der Waals surface area contributed by atoms with Gasteiger partial charge in [0.05, 0.1) is 17.9 Å². The topological polar surface area (TPSA) is 96.7 Å². The van der Waals surface area contributed by atoms with Gasteiger partial charge < -0.3 is 9.84 Å². The van der Waals surface area contributed by atoms with Crippen LogP contribution in [0.2, 0.25) is 0 Å². The number of nitrogens with one attached hydrogen (secondary N) is 1. The Labute approximate surface area is 179 Å². The van der Waals surface area contributed by atoms with Gasteiger partial charge in [-0.15, -0.1) is 0 Å². The third-order valence-electron chi connectivity index (χ3n) is 4.97. The van der Waals surface area contributed by atoms with Crippen LogP contribution in [-0.4, -0.2) is 33.4 Å². The molecule has 30 heavy (non-hydrogen) atoms. The summed E-state index contributed by atoms with van der Waals surface area (Å²) in [5.74, 6) is -0.607. The van der Waals surface area contributed by atoms with E-state index in [0.29, 0.717) is 24.4 Å². The van der Waals surface area contributed by atoms with Crippen LogP contribution in [0.5, 0.6) is 5.88 Å².